The summed E-state index contributed by atoms with van der Waals surface area (Å²) in [5.74, 6) is 0.466. The van der Waals surface area contributed by atoms with E-state index >= 15 is 0 Å². The number of pyridine rings is 1. The van der Waals surface area contributed by atoms with Crippen molar-refractivity contribution >= 4 is 16.8 Å². The largest absolute Gasteiger partial charge is 0.497 e. The molecule has 1 amide bonds. The van der Waals surface area contributed by atoms with Crippen LogP contribution in [0.25, 0.3) is 22.3 Å². The average molecular weight is 484 g/mol. The Morgan fingerprint density at radius 2 is 1.86 bits per heavy atom. The number of hydrogen-bond acceptors (Lipinski definition) is 5. The fourth-order valence-corrected chi connectivity index (χ4v) is 4.65. The van der Waals surface area contributed by atoms with Gasteiger partial charge in [0.05, 0.1) is 41.8 Å². The molecule has 11 heteroatoms. The molecular formula is C24H23F3N6O2. The lowest BCUT2D eigenvalue weighted by molar-refractivity contribution is -0.141. The number of methoxy groups -OCH3 is 1. The molecule has 0 saturated heterocycles. The van der Waals surface area contributed by atoms with Gasteiger partial charge in [0.25, 0.3) is 5.91 Å². The summed E-state index contributed by atoms with van der Waals surface area (Å²) in [6, 6.07) is 8.21. The summed E-state index contributed by atoms with van der Waals surface area (Å²) in [5.41, 5.74) is 3.38. The normalized spacial score (nSPS) is 13.9. The van der Waals surface area contributed by atoms with Crippen LogP contribution in [0.5, 0.6) is 5.75 Å². The first kappa shape index (κ1) is 22.9. The number of halogens is 3. The van der Waals surface area contributed by atoms with Crippen molar-refractivity contribution in [2.24, 2.45) is 14.1 Å². The summed E-state index contributed by atoms with van der Waals surface area (Å²) >= 11 is 0. The number of alkyl halides is 3. The van der Waals surface area contributed by atoms with Gasteiger partial charge in [0.2, 0.25) is 0 Å². The second-order valence-corrected chi connectivity index (χ2v) is 8.60. The maximum absolute atomic E-state index is 13.6. The van der Waals surface area contributed by atoms with Crippen LogP contribution < -0.4 is 4.74 Å². The fraction of sp³-hybridized carbons (Fsp3) is 0.333. The first-order valence-corrected chi connectivity index (χ1v) is 11.0. The predicted octanol–water partition coefficient (Wildman–Crippen LogP) is 3.90. The summed E-state index contributed by atoms with van der Waals surface area (Å²) < 4.78 is 47.7. The lowest BCUT2D eigenvalue weighted by Gasteiger charge is -2.27. The second kappa shape index (κ2) is 8.10. The fourth-order valence-electron chi connectivity index (χ4n) is 4.65. The molecule has 35 heavy (non-hydrogen) atoms. The molecule has 3 aromatic heterocycles. The molecule has 4 aromatic rings. The van der Waals surface area contributed by atoms with Gasteiger partial charge in [-0.15, -0.1) is 0 Å². The van der Waals surface area contributed by atoms with Gasteiger partial charge in [-0.1, -0.05) is 0 Å². The molecule has 0 bridgehead atoms. The number of amides is 1. The number of nitrogens with zero attached hydrogens (tertiary/aromatic N) is 6. The molecule has 1 aliphatic heterocycles. The van der Waals surface area contributed by atoms with Gasteiger partial charge in [-0.3, -0.25) is 19.1 Å². The van der Waals surface area contributed by atoms with E-state index in [2.05, 4.69) is 15.2 Å². The minimum atomic E-state index is -4.54. The van der Waals surface area contributed by atoms with Crippen molar-refractivity contribution in [3.63, 3.8) is 0 Å². The Hall–Kier alpha value is -3.89. The van der Waals surface area contributed by atoms with E-state index in [0.29, 0.717) is 52.3 Å². The Labute approximate surface area is 198 Å². The zero-order valence-corrected chi connectivity index (χ0v) is 19.6. The Kier molecular flexibility index (Phi) is 5.30. The number of aryl methyl sites for hydroxylation is 3. The quantitative estimate of drug-likeness (QED) is 0.441. The molecule has 8 nitrogen and oxygen atoms in total. The SMILES string of the molecule is COc1ccc2nc(C)cc(C(=O)N3CCc4c(nn(C)c4-c4cc(C(F)(F)F)nn4C)C3)c2c1. The zero-order valence-electron chi connectivity index (χ0n) is 19.6. The molecule has 0 unspecified atom stereocenters. The summed E-state index contributed by atoms with van der Waals surface area (Å²) in [4.78, 5) is 19.8. The van der Waals surface area contributed by atoms with Crippen molar-refractivity contribution in [2.75, 3.05) is 13.7 Å². The zero-order chi connectivity index (χ0) is 25.1. The summed E-state index contributed by atoms with van der Waals surface area (Å²) in [7, 11) is 4.73. The van der Waals surface area contributed by atoms with Gasteiger partial charge in [0, 0.05) is 37.3 Å². The van der Waals surface area contributed by atoms with Crippen LogP contribution in [0, 0.1) is 6.92 Å². The molecule has 0 aliphatic carbocycles. The topological polar surface area (TPSA) is 78.1 Å². The molecule has 182 valence electrons. The van der Waals surface area contributed by atoms with E-state index in [9.17, 15) is 18.0 Å². The van der Waals surface area contributed by atoms with Crippen molar-refractivity contribution in [1.82, 2.24) is 29.4 Å². The van der Waals surface area contributed by atoms with Crippen molar-refractivity contribution in [2.45, 2.75) is 26.1 Å². The number of benzene rings is 1. The Morgan fingerprint density at radius 3 is 2.54 bits per heavy atom. The molecular weight excluding hydrogens is 461 g/mol. The van der Waals surface area contributed by atoms with Crippen LogP contribution in [0.2, 0.25) is 0 Å². The van der Waals surface area contributed by atoms with Gasteiger partial charge in [0.1, 0.15) is 5.75 Å². The number of carbonyl (C=O) groups is 1. The van der Waals surface area contributed by atoms with E-state index in [-0.39, 0.29) is 12.5 Å². The number of aromatic nitrogens is 5. The van der Waals surface area contributed by atoms with Crippen molar-refractivity contribution in [3.8, 4) is 17.1 Å². The van der Waals surface area contributed by atoms with Crippen molar-refractivity contribution < 1.29 is 22.7 Å². The molecule has 0 radical (unpaired) electrons. The molecule has 0 atom stereocenters. The van der Waals surface area contributed by atoms with E-state index in [1.165, 1.54) is 11.7 Å². The highest BCUT2D eigenvalue weighted by molar-refractivity contribution is 6.06. The van der Waals surface area contributed by atoms with E-state index < -0.39 is 11.9 Å². The minimum Gasteiger partial charge on any atom is -0.497 e. The molecule has 0 saturated carbocycles. The maximum atomic E-state index is 13.6. The highest BCUT2D eigenvalue weighted by Gasteiger charge is 2.36. The maximum Gasteiger partial charge on any atom is 0.435 e. The van der Waals surface area contributed by atoms with Crippen LogP contribution in [0.1, 0.15) is 33.0 Å². The van der Waals surface area contributed by atoms with E-state index in [1.54, 1.807) is 41.9 Å². The van der Waals surface area contributed by atoms with Crippen LogP contribution in [0.4, 0.5) is 13.2 Å². The van der Waals surface area contributed by atoms with Crippen LogP contribution >= 0.6 is 0 Å². The van der Waals surface area contributed by atoms with Gasteiger partial charge in [-0.05, 0) is 43.7 Å². The summed E-state index contributed by atoms with van der Waals surface area (Å²) in [6.07, 6.45) is -4.08. The van der Waals surface area contributed by atoms with E-state index in [4.69, 9.17) is 4.74 Å². The van der Waals surface area contributed by atoms with Gasteiger partial charge in [-0.25, -0.2) is 0 Å². The second-order valence-electron chi connectivity index (χ2n) is 8.60. The highest BCUT2D eigenvalue weighted by atomic mass is 19.4. The Morgan fingerprint density at radius 1 is 1.09 bits per heavy atom. The predicted molar refractivity (Wildman–Crippen MR) is 122 cm³/mol. The standard InChI is InChI=1S/C24H23F3N6O2/c1-13-9-17(16-10-14(35-4)5-6-18(16)28-13)23(34)33-8-7-15-19(12-33)29-32(3)22(15)20-11-21(24(25,26)27)30-31(20)2/h5-6,9-11H,7-8,12H2,1-4H3. The lowest BCUT2D eigenvalue weighted by Crippen LogP contribution is -2.36. The number of fused-ring (bicyclic) bond motifs is 2. The number of rotatable bonds is 3. The van der Waals surface area contributed by atoms with Crippen LogP contribution in [0.15, 0.2) is 30.3 Å². The smallest absolute Gasteiger partial charge is 0.435 e. The molecule has 1 aliphatic rings. The Bertz CT molecular complexity index is 1470. The average Bonchev–Trinajstić information content (AvgIpc) is 3.35. The van der Waals surface area contributed by atoms with Gasteiger partial charge >= 0.3 is 6.18 Å². The number of ether oxygens (including phenoxy) is 1. The first-order chi connectivity index (χ1) is 16.6. The number of hydrogen-bond donors (Lipinski definition) is 0. The lowest BCUT2D eigenvalue weighted by atomic mass is 10.0. The summed E-state index contributed by atoms with van der Waals surface area (Å²) in [5, 5.41) is 8.87. The van der Waals surface area contributed by atoms with E-state index in [1.807, 2.05) is 13.0 Å². The van der Waals surface area contributed by atoms with Crippen molar-refractivity contribution in [1.29, 1.82) is 0 Å². The first-order valence-electron chi connectivity index (χ1n) is 11.0. The Balaban J connectivity index is 1.50. The van der Waals surface area contributed by atoms with Crippen LogP contribution in [-0.2, 0) is 33.2 Å². The monoisotopic (exact) mass is 484 g/mol. The minimum absolute atomic E-state index is 0.161. The highest BCUT2D eigenvalue weighted by Crippen LogP contribution is 2.35. The molecule has 1 aromatic carbocycles. The number of carbonyl (C=O) groups excluding carboxylic acids is 1. The van der Waals surface area contributed by atoms with Gasteiger partial charge in [0.15, 0.2) is 5.69 Å². The van der Waals surface area contributed by atoms with Crippen LogP contribution in [-0.4, -0.2) is 49.0 Å². The van der Waals surface area contributed by atoms with Crippen LogP contribution in [0.3, 0.4) is 0 Å². The molecule has 0 N–H and O–H groups in total. The third-order valence-electron chi connectivity index (χ3n) is 6.28. The van der Waals surface area contributed by atoms with Crippen molar-refractivity contribution in [3.05, 3.63) is 58.5 Å². The molecule has 4 heterocycles. The molecule has 0 fully saturated rings. The third-order valence-corrected chi connectivity index (χ3v) is 6.28. The van der Waals surface area contributed by atoms with Gasteiger partial charge < -0.3 is 9.64 Å². The molecule has 5 rings (SSSR count). The van der Waals surface area contributed by atoms with Gasteiger partial charge in [-0.2, -0.15) is 23.4 Å². The molecule has 0 spiro atoms. The van der Waals surface area contributed by atoms with E-state index in [0.717, 1.165) is 17.3 Å². The third kappa shape index (κ3) is 3.90. The summed E-state index contributed by atoms with van der Waals surface area (Å²) in [6.45, 7) is 2.49.